The molecule has 0 bridgehead atoms. The van der Waals surface area contributed by atoms with Crippen LogP contribution >= 0.6 is 12.4 Å². The predicted octanol–water partition coefficient (Wildman–Crippen LogP) is 1.75. The van der Waals surface area contributed by atoms with Gasteiger partial charge in [-0.25, -0.2) is 0 Å². The van der Waals surface area contributed by atoms with E-state index in [2.05, 4.69) is 5.32 Å². The summed E-state index contributed by atoms with van der Waals surface area (Å²) in [6.45, 7) is 5.03. The average molecular weight is 283 g/mol. The molecule has 2 heterocycles. The minimum atomic E-state index is 0. The summed E-state index contributed by atoms with van der Waals surface area (Å²) in [5.74, 6) is 1.19. The highest BCUT2D eigenvalue weighted by atomic mass is 35.5. The summed E-state index contributed by atoms with van der Waals surface area (Å²) in [6.07, 6.45) is 0.942. The molecule has 4 nitrogen and oxygen atoms in total. The molecule has 1 aromatic carbocycles. The van der Waals surface area contributed by atoms with Gasteiger partial charge in [0.1, 0.15) is 12.4 Å². The highest BCUT2D eigenvalue weighted by molar-refractivity contribution is 5.97. The van der Waals surface area contributed by atoms with E-state index in [0.717, 1.165) is 36.5 Å². The van der Waals surface area contributed by atoms with Gasteiger partial charge in [0.15, 0.2) is 0 Å². The number of fused-ring (bicyclic) bond motifs is 1. The van der Waals surface area contributed by atoms with Gasteiger partial charge >= 0.3 is 0 Å². The van der Waals surface area contributed by atoms with Crippen molar-refractivity contribution in [1.82, 2.24) is 5.32 Å². The molecule has 1 fully saturated rings. The van der Waals surface area contributed by atoms with Crippen molar-refractivity contribution >= 4 is 24.0 Å². The number of carbonyl (C=O) groups excluding carboxylic acids is 1. The second-order valence-electron chi connectivity index (χ2n) is 5.00. The molecule has 5 heteroatoms. The van der Waals surface area contributed by atoms with Crippen LogP contribution in [0.15, 0.2) is 18.2 Å². The molecule has 0 aromatic heterocycles. The SMILES string of the molecule is Cc1ccc2c(c1)OCCN2C(=O)C1CCNC1.Cl. The van der Waals surface area contributed by atoms with E-state index in [9.17, 15) is 4.79 Å². The number of aryl methyl sites for hydroxylation is 1. The van der Waals surface area contributed by atoms with Gasteiger partial charge < -0.3 is 15.0 Å². The van der Waals surface area contributed by atoms with Crippen LogP contribution in [-0.4, -0.2) is 32.1 Å². The number of amides is 1. The third kappa shape index (κ3) is 2.69. The van der Waals surface area contributed by atoms with Crippen molar-refractivity contribution in [3.8, 4) is 5.75 Å². The van der Waals surface area contributed by atoms with Gasteiger partial charge in [-0.15, -0.1) is 12.4 Å². The van der Waals surface area contributed by atoms with Crippen molar-refractivity contribution in [2.75, 3.05) is 31.1 Å². The first-order valence-electron chi connectivity index (χ1n) is 6.51. The quantitative estimate of drug-likeness (QED) is 0.853. The summed E-state index contributed by atoms with van der Waals surface area (Å²) < 4.78 is 5.64. The maximum atomic E-state index is 12.5. The van der Waals surface area contributed by atoms with E-state index in [1.165, 1.54) is 0 Å². The molecule has 19 heavy (non-hydrogen) atoms. The largest absolute Gasteiger partial charge is 0.490 e. The Kier molecular flexibility index (Phi) is 4.32. The average Bonchev–Trinajstić information content (AvgIpc) is 2.90. The Balaban J connectivity index is 0.00000133. The van der Waals surface area contributed by atoms with Crippen LogP contribution in [0.2, 0.25) is 0 Å². The second kappa shape index (κ2) is 5.80. The fourth-order valence-corrected chi connectivity index (χ4v) is 2.64. The Bertz CT molecular complexity index is 473. The number of carbonyl (C=O) groups is 1. The number of nitrogens with zero attached hydrogens (tertiary/aromatic N) is 1. The topological polar surface area (TPSA) is 41.6 Å². The first-order valence-corrected chi connectivity index (χ1v) is 6.51. The van der Waals surface area contributed by atoms with Crippen LogP contribution < -0.4 is 15.0 Å². The zero-order valence-electron chi connectivity index (χ0n) is 11.0. The van der Waals surface area contributed by atoms with Crippen LogP contribution in [0.4, 0.5) is 5.69 Å². The normalized spacial score (nSPS) is 21.3. The van der Waals surface area contributed by atoms with Crippen LogP contribution in [0.3, 0.4) is 0 Å². The zero-order valence-corrected chi connectivity index (χ0v) is 11.8. The molecule has 0 spiro atoms. The minimum absolute atomic E-state index is 0. The Hall–Kier alpha value is -1.26. The number of hydrogen-bond donors (Lipinski definition) is 1. The van der Waals surface area contributed by atoms with Crippen LogP contribution in [0.25, 0.3) is 0 Å². The number of benzene rings is 1. The van der Waals surface area contributed by atoms with E-state index in [0.29, 0.717) is 13.2 Å². The lowest BCUT2D eigenvalue weighted by atomic mass is 10.1. The smallest absolute Gasteiger partial charge is 0.231 e. The molecule has 1 aromatic rings. The van der Waals surface area contributed by atoms with Crippen LogP contribution in [0.5, 0.6) is 5.75 Å². The van der Waals surface area contributed by atoms with Crippen molar-refractivity contribution in [1.29, 1.82) is 0 Å². The highest BCUT2D eigenvalue weighted by Gasteiger charge is 2.31. The summed E-state index contributed by atoms with van der Waals surface area (Å²) in [7, 11) is 0. The number of halogens is 1. The maximum Gasteiger partial charge on any atom is 0.231 e. The number of nitrogens with one attached hydrogen (secondary N) is 1. The van der Waals surface area contributed by atoms with E-state index in [-0.39, 0.29) is 24.2 Å². The van der Waals surface area contributed by atoms with E-state index in [4.69, 9.17) is 4.74 Å². The van der Waals surface area contributed by atoms with Crippen LogP contribution in [0.1, 0.15) is 12.0 Å². The fraction of sp³-hybridized carbons (Fsp3) is 0.500. The number of anilines is 1. The Morgan fingerprint density at radius 1 is 1.47 bits per heavy atom. The molecule has 2 aliphatic heterocycles. The lowest BCUT2D eigenvalue weighted by Crippen LogP contribution is -2.42. The molecule has 1 unspecified atom stereocenters. The lowest BCUT2D eigenvalue weighted by Gasteiger charge is -2.31. The van der Waals surface area contributed by atoms with Crippen molar-refractivity contribution in [2.45, 2.75) is 13.3 Å². The number of ether oxygens (including phenoxy) is 1. The van der Waals surface area contributed by atoms with Gasteiger partial charge in [0.25, 0.3) is 0 Å². The van der Waals surface area contributed by atoms with Gasteiger partial charge in [0.2, 0.25) is 5.91 Å². The van der Waals surface area contributed by atoms with Crippen molar-refractivity contribution in [3.05, 3.63) is 23.8 Å². The van der Waals surface area contributed by atoms with Gasteiger partial charge in [0, 0.05) is 6.54 Å². The van der Waals surface area contributed by atoms with Gasteiger partial charge in [-0.1, -0.05) is 6.07 Å². The molecule has 1 saturated heterocycles. The minimum Gasteiger partial charge on any atom is -0.490 e. The fourth-order valence-electron chi connectivity index (χ4n) is 2.64. The molecule has 1 atom stereocenters. The van der Waals surface area contributed by atoms with E-state index < -0.39 is 0 Å². The molecule has 1 amide bonds. The Morgan fingerprint density at radius 2 is 2.32 bits per heavy atom. The first kappa shape index (κ1) is 14.2. The number of rotatable bonds is 1. The van der Waals surface area contributed by atoms with E-state index >= 15 is 0 Å². The molecule has 0 saturated carbocycles. The second-order valence-corrected chi connectivity index (χ2v) is 5.00. The Labute approximate surface area is 119 Å². The molecule has 3 rings (SSSR count). The van der Waals surface area contributed by atoms with Gasteiger partial charge in [-0.05, 0) is 37.6 Å². The van der Waals surface area contributed by atoms with Crippen molar-refractivity contribution < 1.29 is 9.53 Å². The summed E-state index contributed by atoms with van der Waals surface area (Å²) in [5.41, 5.74) is 2.08. The van der Waals surface area contributed by atoms with Gasteiger partial charge in [-0.2, -0.15) is 0 Å². The maximum absolute atomic E-state index is 12.5. The Morgan fingerprint density at radius 3 is 3.05 bits per heavy atom. The molecule has 0 aliphatic carbocycles. The molecular weight excluding hydrogens is 264 g/mol. The summed E-state index contributed by atoms with van der Waals surface area (Å²) in [5, 5.41) is 3.25. The van der Waals surface area contributed by atoms with Crippen LogP contribution in [-0.2, 0) is 4.79 Å². The highest BCUT2D eigenvalue weighted by Crippen LogP contribution is 2.33. The lowest BCUT2D eigenvalue weighted by molar-refractivity contribution is -0.122. The predicted molar refractivity (Wildman–Crippen MR) is 77.3 cm³/mol. The molecular formula is C14H19ClN2O2. The zero-order chi connectivity index (χ0) is 12.5. The third-order valence-electron chi connectivity index (χ3n) is 3.65. The van der Waals surface area contributed by atoms with Crippen molar-refractivity contribution in [3.63, 3.8) is 0 Å². The summed E-state index contributed by atoms with van der Waals surface area (Å²) in [6, 6.07) is 6.02. The summed E-state index contributed by atoms with van der Waals surface area (Å²) in [4.78, 5) is 14.4. The van der Waals surface area contributed by atoms with Crippen molar-refractivity contribution in [2.24, 2.45) is 5.92 Å². The van der Waals surface area contributed by atoms with Gasteiger partial charge in [-0.3, -0.25) is 4.79 Å². The third-order valence-corrected chi connectivity index (χ3v) is 3.65. The molecule has 104 valence electrons. The van der Waals surface area contributed by atoms with Crippen LogP contribution in [0, 0.1) is 12.8 Å². The molecule has 0 radical (unpaired) electrons. The first-order chi connectivity index (χ1) is 8.75. The summed E-state index contributed by atoms with van der Waals surface area (Å²) >= 11 is 0. The monoisotopic (exact) mass is 282 g/mol. The van der Waals surface area contributed by atoms with E-state index in [1.54, 1.807) is 0 Å². The van der Waals surface area contributed by atoms with E-state index in [1.807, 2.05) is 30.0 Å². The molecule has 1 N–H and O–H groups in total. The standard InChI is InChI=1S/C14H18N2O2.ClH/c1-10-2-3-12-13(8-10)18-7-6-16(12)14(17)11-4-5-15-9-11;/h2-3,8,11,15H,4-7,9H2,1H3;1H. The van der Waals surface area contributed by atoms with Gasteiger partial charge in [0.05, 0.1) is 18.2 Å². The molecule has 2 aliphatic rings. The number of hydrogen-bond acceptors (Lipinski definition) is 3.